The summed E-state index contributed by atoms with van der Waals surface area (Å²) in [5.74, 6) is 1.45. The Morgan fingerprint density at radius 3 is 2.43 bits per heavy atom. The minimum atomic E-state index is -0.499. The number of rotatable bonds is 8. The van der Waals surface area contributed by atoms with Gasteiger partial charge in [-0.2, -0.15) is 0 Å². The Hall–Kier alpha value is -3.52. The quantitative estimate of drug-likeness (QED) is 0.365. The number of methoxy groups -OCH3 is 3. The smallest absolute Gasteiger partial charge is 0.291 e. The van der Waals surface area contributed by atoms with Crippen LogP contribution in [0.2, 0.25) is 5.02 Å². The van der Waals surface area contributed by atoms with Gasteiger partial charge in [0.15, 0.2) is 5.76 Å². The van der Waals surface area contributed by atoms with Crippen LogP contribution in [0.4, 0.5) is 11.4 Å². The molecule has 0 spiro atoms. The van der Waals surface area contributed by atoms with Crippen LogP contribution < -0.4 is 29.6 Å². The lowest BCUT2D eigenvalue weighted by Gasteiger charge is -2.36. The van der Waals surface area contributed by atoms with Gasteiger partial charge in [0.05, 0.1) is 26.4 Å². The Morgan fingerprint density at radius 2 is 1.80 bits per heavy atom. The summed E-state index contributed by atoms with van der Waals surface area (Å²) in [6.45, 7) is 5.31. The van der Waals surface area contributed by atoms with Gasteiger partial charge in [0.1, 0.15) is 28.7 Å². The molecule has 1 amide bonds. The van der Waals surface area contributed by atoms with Crippen LogP contribution in [0.15, 0.2) is 40.8 Å². The Morgan fingerprint density at radius 1 is 1.09 bits per heavy atom. The number of fused-ring (bicyclic) bond motifs is 1. The minimum Gasteiger partial charge on any atom is -0.496 e. The molecule has 9 heteroatoms. The SMILES string of the molecule is CCC1(C)CCNc2cc(Cl)c(Oc3ccc(C(=O)Nc4c(OC)cc(OC)cc4OC)o3)cc21. The molecule has 0 saturated carbocycles. The van der Waals surface area contributed by atoms with Crippen LogP contribution in [-0.4, -0.2) is 33.8 Å². The van der Waals surface area contributed by atoms with Gasteiger partial charge in [0, 0.05) is 30.4 Å². The van der Waals surface area contributed by atoms with Crippen LogP contribution >= 0.6 is 11.6 Å². The molecule has 2 heterocycles. The summed E-state index contributed by atoms with van der Waals surface area (Å²) in [4.78, 5) is 12.9. The van der Waals surface area contributed by atoms with Crippen LogP contribution in [0, 0.1) is 0 Å². The maximum Gasteiger partial charge on any atom is 0.291 e. The van der Waals surface area contributed by atoms with Crippen LogP contribution in [0.3, 0.4) is 0 Å². The molecule has 186 valence electrons. The molecule has 1 unspecified atom stereocenters. The molecule has 1 aliphatic heterocycles. The molecule has 1 aliphatic rings. The lowest BCUT2D eigenvalue weighted by Crippen LogP contribution is -2.30. The number of benzene rings is 2. The van der Waals surface area contributed by atoms with Gasteiger partial charge in [0.2, 0.25) is 0 Å². The number of nitrogens with one attached hydrogen (secondary N) is 2. The highest BCUT2D eigenvalue weighted by Crippen LogP contribution is 2.45. The number of ether oxygens (including phenoxy) is 4. The molecule has 8 nitrogen and oxygen atoms in total. The zero-order valence-corrected chi connectivity index (χ0v) is 21.2. The molecule has 1 aromatic heterocycles. The molecular formula is C26H29ClN2O6. The standard InChI is InChI=1S/C26H29ClN2O6/c1-6-26(2)9-10-28-18-14-17(27)20(13-16(18)26)35-23-8-7-19(34-23)25(30)29-24-21(32-4)11-15(31-3)12-22(24)33-5/h7-8,11-14,28H,6,9-10H2,1-5H3,(H,29,30). The summed E-state index contributed by atoms with van der Waals surface area (Å²) >= 11 is 6.49. The predicted molar refractivity (Wildman–Crippen MR) is 135 cm³/mol. The molecule has 0 aliphatic carbocycles. The molecule has 0 bridgehead atoms. The first kappa shape index (κ1) is 24.6. The molecule has 2 N–H and O–H groups in total. The third-order valence-electron chi connectivity index (χ3n) is 6.46. The molecule has 4 rings (SSSR count). The van der Waals surface area contributed by atoms with E-state index in [1.807, 2.05) is 12.1 Å². The predicted octanol–water partition coefficient (Wildman–Crippen LogP) is 6.49. The topological polar surface area (TPSA) is 91.2 Å². The Balaban J connectivity index is 1.56. The fourth-order valence-electron chi connectivity index (χ4n) is 4.16. The third kappa shape index (κ3) is 4.84. The zero-order chi connectivity index (χ0) is 25.2. The van der Waals surface area contributed by atoms with E-state index in [1.54, 1.807) is 18.2 Å². The monoisotopic (exact) mass is 500 g/mol. The lowest BCUT2D eigenvalue weighted by molar-refractivity contribution is 0.0991. The molecule has 1 atom stereocenters. The van der Waals surface area contributed by atoms with E-state index >= 15 is 0 Å². The van der Waals surface area contributed by atoms with E-state index in [2.05, 4.69) is 24.5 Å². The highest BCUT2D eigenvalue weighted by atomic mass is 35.5. The fourth-order valence-corrected chi connectivity index (χ4v) is 4.36. The zero-order valence-electron chi connectivity index (χ0n) is 20.4. The second-order valence-corrected chi connectivity index (χ2v) is 8.91. The number of carbonyl (C=O) groups excluding carboxylic acids is 1. The lowest BCUT2D eigenvalue weighted by atomic mass is 9.74. The molecule has 35 heavy (non-hydrogen) atoms. The average Bonchev–Trinajstić information content (AvgIpc) is 3.33. The summed E-state index contributed by atoms with van der Waals surface area (Å²) in [5, 5.41) is 6.63. The molecule has 2 aromatic carbocycles. The van der Waals surface area contributed by atoms with Crippen LogP contribution in [0.5, 0.6) is 28.9 Å². The molecule has 3 aromatic rings. The number of furan rings is 1. The van der Waals surface area contributed by atoms with Gasteiger partial charge in [-0.25, -0.2) is 0 Å². The van der Waals surface area contributed by atoms with Gasteiger partial charge in [-0.3, -0.25) is 4.79 Å². The second-order valence-electron chi connectivity index (χ2n) is 8.50. The largest absolute Gasteiger partial charge is 0.496 e. The van der Waals surface area contributed by atoms with E-state index in [0.29, 0.717) is 33.7 Å². The van der Waals surface area contributed by atoms with E-state index in [-0.39, 0.29) is 17.1 Å². The van der Waals surface area contributed by atoms with Crippen molar-refractivity contribution in [1.82, 2.24) is 0 Å². The van der Waals surface area contributed by atoms with E-state index < -0.39 is 5.91 Å². The Labute approximate surface area is 209 Å². The van der Waals surface area contributed by atoms with Crippen molar-refractivity contribution in [3.05, 3.63) is 52.7 Å². The summed E-state index contributed by atoms with van der Waals surface area (Å²) in [7, 11) is 4.51. The van der Waals surface area contributed by atoms with Crippen molar-refractivity contribution in [2.45, 2.75) is 32.1 Å². The number of amides is 1. The van der Waals surface area contributed by atoms with Crippen LogP contribution in [0.1, 0.15) is 42.8 Å². The first-order valence-electron chi connectivity index (χ1n) is 11.3. The molecular weight excluding hydrogens is 472 g/mol. The third-order valence-corrected chi connectivity index (χ3v) is 6.76. The fraction of sp³-hybridized carbons (Fsp3) is 0.346. The van der Waals surface area contributed by atoms with Gasteiger partial charge in [0.25, 0.3) is 11.9 Å². The van der Waals surface area contributed by atoms with Gasteiger partial charge >= 0.3 is 0 Å². The van der Waals surface area contributed by atoms with Crippen LogP contribution in [0.25, 0.3) is 0 Å². The maximum atomic E-state index is 12.9. The summed E-state index contributed by atoms with van der Waals surface area (Å²) < 4.78 is 27.6. The summed E-state index contributed by atoms with van der Waals surface area (Å²) in [5.41, 5.74) is 2.53. The number of anilines is 2. The number of halogens is 1. The molecule has 0 saturated heterocycles. The minimum absolute atomic E-state index is 0.0218. The van der Waals surface area contributed by atoms with Crippen molar-refractivity contribution in [3.8, 4) is 28.9 Å². The van der Waals surface area contributed by atoms with E-state index in [1.165, 1.54) is 27.4 Å². The first-order valence-corrected chi connectivity index (χ1v) is 11.7. The van der Waals surface area contributed by atoms with Gasteiger partial charge in [-0.15, -0.1) is 0 Å². The van der Waals surface area contributed by atoms with Crippen molar-refractivity contribution >= 4 is 28.9 Å². The van der Waals surface area contributed by atoms with E-state index in [4.69, 9.17) is 35.0 Å². The number of carbonyl (C=O) groups is 1. The van der Waals surface area contributed by atoms with Crippen LogP contribution in [-0.2, 0) is 5.41 Å². The molecule has 0 fully saturated rings. The number of hydrogen-bond acceptors (Lipinski definition) is 7. The van der Waals surface area contributed by atoms with E-state index in [0.717, 1.165) is 30.6 Å². The first-order chi connectivity index (χ1) is 16.8. The Bertz CT molecular complexity index is 1220. The van der Waals surface area contributed by atoms with Gasteiger partial charge < -0.3 is 34.0 Å². The second kappa shape index (κ2) is 10.00. The van der Waals surface area contributed by atoms with Crippen molar-refractivity contribution < 1.29 is 28.2 Å². The maximum absolute atomic E-state index is 12.9. The van der Waals surface area contributed by atoms with Gasteiger partial charge in [-0.05, 0) is 42.0 Å². The van der Waals surface area contributed by atoms with Crippen molar-refractivity contribution in [3.63, 3.8) is 0 Å². The van der Waals surface area contributed by atoms with Gasteiger partial charge in [-0.1, -0.05) is 25.4 Å². The average molecular weight is 501 g/mol. The highest BCUT2D eigenvalue weighted by molar-refractivity contribution is 6.32. The molecule has 0 radical (unpaired) electrons. The van der Waals surface area contributed by atoms with Crippen molar-refractivity contribution in [1.29, 1.82) is 0 Å². The van der Waals surface area contributed by atoms with E-state index in [9.17, 15) is 4.79 Å². The van der Waals surface area contributed by atoms with Crippen molar-refractivity contribution in [2.75, 3.05) is 38.5 Å². The normalized spacial score (nSPS) is 16.6. The highest BCUT2D eigenvalue weighted by Gasteiger charge is 2.32. The van der Waals surface area contributed by atoms with Crippen molar-refractivity contribution in [2.24, 2.45) is 0 Å². The Kier molecular flexibility index (Phi) is 7.03. The summed E-state index contributed by atoms with van der Waals surface area (Å²) in [6, 6.07) is 10.2. The number of hydrogen-bond donors (Lipinski definition) is 2. The summed E-state index contributed by atoms with van der Waals surface area (Å²) in [6.07, 6.45) is 2.01.